The van der Waals surface area contributed by atoms with Crippen LogP contribution in [0.3, 0.4) is 0 Å². The molecular weight excluding hydrogens is 434 g/mol. The Bertz CT molecular complexity index is 995. The summed E-state index contributed by atoms with van der Waals surface area (Å²) >= 11 is 0. The number of carbonyl (C=O) groups is 1. The van der Waals surface area contributed by atoms with Crippen LogP contribution in [0.2, 0.25) is 0 Å². The number of hydrogen-bond acceptors (Lipinski definition) is 4. The summed E-state index contributed by atoms with van der Waals surface area (Å²) in [5, 5.41) is 0. The van der Waals surface area contributed by atoms with Crippen molar-refractivity contribution in [2.45, 2.75) is 65.7 Å². The molecule has 0 radical (unpaired) electrons. The summed E-state index contributed by atoms with van der Waals surface area (Å²) < 4.78 is 27.1. The molecule has 7 heteroatoms. The molecule has 2 fully saturated rings. The summed E-state index contributed by atoms with van der Waals surface area (Å²) in [5.74, 6) is -2.23. The fourth-order valence-electron chi connectivity index (χ4n) is 5.43. The van der Waals surface area contributed by atoms with Crippen LogP contribution < -0.4 is 0 Å². The monoisotopic (exact) mass is 470 g/mol. The molecule has 0 aromatic carbocycles. The van der Waals surface area contributed by atoms with Gasteiger partial charge in [-0.25, -0.2) is 18.7 Å². The fraction of sp³-hybridized carbons (Fsp3) is 0.556. The van der Waals surface area contributed by atoms with Gasteiger partial charge in [-0.1, -0.05) is 33.4 Å². The lowest BCUT2D eigenvalue weighted by molar-refractivity contribution is -0.121. The first-order valence-corrected chi connectivity index (χ1v) is 11.8. The second-order valence-corrected chi connectivity index (χ2v) is 9.74. The highest BCUT2D eigenvalue weighted by Gasteiger charge is 2.50. The lowest BCUT2D eigenvalue weighted by atomic mass is 9.61. The number of halogens is 2. The van der Waals surface area contributed by atoms with Gasteiger partial charge in [0.1, 0.15) is 12.0 Å². The van der Waals surface area contributed by atoms with Crippen molar-refractivity contribution < 1.29 is 13.6 Å². The van der Waals surface area contributed by atoms with Gasteiger partial charge in [0.25, 0.3) is 5.91 Å². The molecule has 0 bridgehead atoms. The third kappa shape index (κ3) is 5.18. The van der Waals surface area contributed by atoms with Crippen LogP contribution in [0.1, 0.15) is 70.2 Å². The van der Waals surface area contributed by atoms with Crippen LogP contribution in [0.4, 0.5) is 8.78 Å². The van der Waals surface area contributed by atoms with E-state index in [9.17, 15) is 13.6 Å². The van der Waals surface area contributed by atoms with Crippen LogP contribution in [0, 0.1) is 17.3 Å². The van der Waals surface area contributed by atoms with Crippen LogP contribution in [-0.4, -0.2) is 44.8 Å². The van der Waals surface area contributed by atoms with Crippen molar-refractivity contribution in [2.24, 2.45) is 17.3 Å². The summed E-state index contributed by atoms with van der Waals surface area (Å²) in [7, 11) is 0. The van der Waals surface area contributed by atoms with Gasteiger partial charge in [-0.05, 0) is 61.1 Å². The number of pyridine rings is 1. The Morgan fingerprint density at radius 3 is 2.50 bits per heavy atom. The van der Waals surface area contributed by atoms with E-state index in [2.05, 4.69) is 35.4 Å². The maximum Gasteiger partial charge on any atom is 0.256 e. The number of likely N-dealkylation sites (tertiary alicyclic amines) is 1. The highest BCUT2D eigenvalue weighted by Crippen LogP contribution is 2.53. The van der Waals surface area contributed by atoms with Gasteiger partial charge >= 0.3 is 0 Å². The predicted octanol–water partition coefficient (Wildman–Crippen LogP) is 6.43. The molecule has 2 aromatic heterocycles. The largest absolute Gasteiger partial charge is 0.339 e. The molecule has 1 amide bonds. The molecule has 34 heavy (non-hydrogen) atoms. The molecule has 4 rings (SSSR count). The number of amides is 1. The first-order valence-electron chi connectivity index (χ1n) is 11.8. The topological polar surface area (TPSA) is 59.0 Å². The molecule has 0 spiro atoms. The molecule has 0 N–H and O–H groups in total. The van der Waals surface area contributed by atoms with E-state index in [1.165, 1.54) is 6.33 Å². The minimum atomic E-state index is -2.52. The molecule has 3 heterocycles. The maximum absolute atomic E-state index is 13.5. The molecule has 1 saturated heterocycles. The number of piperidine rings is 1. The van der Waals surface area contributed by atoms with Crippen molar-refractivity contribution in [3.05, 3.63) is 54.6 Å². The van der Waals surface area contributed by atoms with E-state index < -0.39 is 5.92 Å². The fourth-order valence-corrected chi connectivity index (χ4v) is 5.43. The van der Waals surface area contributed by atoms with E-state index >= 15 is 0 Å². The predicted molar refractivity (Wildman–Crippen MR) is 130 cm³/mol. The first-order chi connectivity index (χ1) is 15.7. The quantitative estimate of drug-likeness (QED) is 0.437. The third-order valence-corrected chi connectivity index (χ3v) is 7.61. The molecule has 1 unspecified atom stereocenters. The number of nitrogens with zero attached hydrogens (tertiary/aromatic N) is 4. The zero-order valence-corrected chi connectivity index (χ0v) is 19.4. The van der Waals surface area contributed by atoms with Gasteiger partial charge in [-0.3, -0.25) is 9.78 Å². The minimum Gasteiger partial charge on any atom is -0.339 e. The lowest BCUT2D eigenvalue weighted by Gasteiger charge is -2.49. The number of carbonyl (C=O) groups excluding carboxylic acids is 1. The van der Waals surface area contributed by atoms with Crippen LogP contribution in [0.25, 0.3) is 11.4 Å². The number of rotatable bonds is 7. The smallest absolute Gasteiger partial charge is 0.256 e. The summed E-state index contributed by atoms with van der Waals surface area (Å²) in [6.07, 6.45) is 7.91. The van der Waals surface area contributed by atoms with E-state index in [0.717, 1.165) is 31.3 Å². The maximum atomic E-state index is 13.5. The van der Waals surface area contributed by atoms with Crippen LogP contribution >= 0.6 is 0 Å². The molecule has 2 aliphatic rings. The highest BCUT2D eigenvalue weighted by molar-refractivity contribution is 5.99. The zero-order valence-electron chi connectivity index (χ0n) is 19.4. The van der Waals surface area contributed by atoms with Crippen molar-refractivity contribution in [1.82, 2.24) is 19.9 Å². The van der Waals surface area contributed by atoms with E-state index in [1.807, 2.05) is 4.90 Å². The van der Waals surface area contributed by atoms with Crippen molar-refractivity contribution in [2.75, 3.05) is 13.1 Å². The number of hydrogen-bond donors (Lipinski definition) is 0. The molecule has 2 aromatic rings. The Hall–Kier alpha value is -2.70. The van der Waals surface area contributed by atoms with Gasteiger partial charge in [0.05, 0.1) is 11.3 Å². The first kappa shape index (κ1) is 25.9. The Morgan fingerprint density at radius 1 is 1.21 bits per heavy atom. The molecule has 1 aliphatic heterocycles. The van der Waals surface area contributed by atoms with Gasteiger partial charge in [0.2, 0.25) is 5.92 Å². The van der Waals surface area contributed by atoms with Gasteiger partial charge in [0.15, 0.2) is 0 Å². The van der Waals surface area contributed by atoms with E-state index in [0.29, 0.717) is 36.0 Å². The molecule has 1 aliphatic carbocycles. The van der Waals surface area contributed by atoms with Crippen LogP contribution in [0.5, 0.6) is 0 Å². The molecule has 5 nitrogen and oxygen atoms in total. The van der Waals surface area contributed by atoms with Crippen LogP contribution in [-0.2, 0) is 0 Å². The molecular formula is C27H36F2N4O. The Morgan fingerprint density at radius 2 is 1.91 bits per heavy atom. The van der Waals surface area contributed by atoms with Gasteiger partial charge < -0.3 is 4.90 Å². The Labute approximate surface area is 201 Å². The number of aromatic nitrogens is 3. The summed E-state index contributed by atoms with van der Waals surface area (Å²) in [4.78, 5) is 27.9. The van der Waals surface area contributed by atoms with E-state index in [-0.39, 0.29) is 37.5 Å². The minimum absolute atomic E-state index is 0. The van der Waals surface area contributed by atoms with Gasteiger partial charge in [0, 0.05) is 38.3 Å². The summed E-state index contributed by atoms with van der Waals surface area (Å²) in [6, 6.07) is 5.28. The van der Waals surface area contributed by atoms with Crippen molar-refractivity contribution in [3.8, 4) is 11.4 Å². The van der Waals surface area contributed by atoms with E-state index in [1.54, 1.807) is 30.6 Å². The van der Waals surface area contributed by atoms with Crippen molar-refractivity contribution in [1.29, 1.82) is 0 Å². The lowest BCUT2D eigenvalue weighted by Crippen LogP contribution is -2.47. The summed E-state index contributed by atoms with van der Waals surface area (Å²) in [6.45, 7) is 9.90. The average molecular weight is 471 g/mol. The standard InChI is InChI=1S/C26H32F2N4O.CH4/c1-4-18(2)19(3)25(14-20-15-26(27,28)16-20)8-12-32(13-9-25)24(33)21-6-5-10-30-23(21)22-7-11-29-17-31-22;/h5-7,10-11,17-18,20H,3-4,8-9,12-16H2,1-2H3;1H4. The Kier molecular flexibility index (Phi) is 7.84. The summed E-state index contributed by atoms with van der Waals surface area (Å²) in [5.41, 5.74) is 2.65. The second-order valence-electron chi connectivity index (χ2n) is 9.74. The van der Waals surface area contributed by atoms with Gasteiger partial charge in [-0.2, -0.15) is 0 Å². The molecule has 1 saturated carbocycles. The Balaban J connectivity index is 0.00000324. The average Bonchev–Trinajstić information content (AvgIpc) is 2.82. The SMILES string of the molecule is C.C=C(C(C)CC)C1(CC2CC(F)(F)C2)CCN(C(=O)c2cccnc2-c2ccncn2)CC1. The molecule has 184 valence electrons. The van der Waals surface area contributed by atoms with Crippen molar-refractivity contribution in [3.63, 3.8) is 0 Å². The van der Waals surface area contributed by atoms with E-state index in [4.69, 9.17) is 0 Å². The normalized spacial score (nSPS) is 20.1. The third-order valence-electron chi connectivity index (χ3n) is 7.61. The highest BCUT2D eigenvalue weighted by atomic mass is 19.3. The number of allylic oxidation sites excluding steroid dienone is 1. The van der Waals surface area contributed by atoms with Crippen LogP contribution in [0.15, 0.2) is 49.1 Å². The second kappa shape index (κ2) is 10.3. The van der Waals surface area contributed by atoms with Gasteiger partial charge in [-0.15, -0.1) is 0 Å². The van der Waals surface area contributed by atoms with Crippen molar-refractivity contribution >= 4 is 5.91 Å². The molecule has 1 atom stereocenters. The number of alkyl halides is 2. The zero-order chi connectivity index (χ0) is 23.6.